The van der Waals surface area contributed by atoms with Gasteiger partial charge in [0.2, 0.25) is 10.0 Å². The van der Waals surface area contributed by atoms with E-state index in [0.29, 0.717) is 6.42 Å². The summed E-state index contributed by atoms with van der Waals surface area (Å²) in [5.41, 5.74) is 5.78. The zero-order chi connectivity index (χ0) is 15.3. The Hall–Kier alpha value is -1.31. The fourth-order valence-electron chi connectivity index (χ4n) is 1.61. The van der Waals surface area contributed by atoms with Gasteiger partial charge in [-0.3, -0.25) is 4.79 Å². The van der Waals surface area contributed by atoms with Crippen LogP contribution in [0.4, 0.5) is 5.69 Å². The highest BCUT2D eigenvalue weighted by atomic mass is 35.5. The van der Waals surface area contributed by atoms with Crippen LogP contribution in [0.15, 0.2) is 23.1 Å². The van der Waals surface area contributed by atoms with E-state index < -0.39 is 16.0 Å². The maximum absolute atomic E-state index is 12.5. The molecule has 0 bridgehead atoms. The number of nitrogen functional groups attached to an aromatic ring is 1. The van der Waals surface area contributed by atoms with E-state index >= 15 is 0 Å². The molecule has 0 spiro atoms. The summed E-state index contributed by atoms with van der Waals surface area (Å²) in [6, 6.07) is 4.18. The van der Waals surface area contributed by atoms with E-state index in [4.69, 9.17) is 17.3 Å². The molecule has 6 nitrogen and oxygen atoms in total. The molecular formula is C12H17ClN2O4S. The van der Waals surface area contributed by atoms with Gasteiger partial charge in [0.15, 0.2) is 0 Å². The summed E-state index contributed by atoms with van der Waals surface area (Å²) < 4.78 is 30.6. The Kier molecular flexibility index (Phi) is 5.79. The summed E-state index contributed by atoms with van der Waals surface area (Å²) >= 11 is 5.81. The highest BCUT2D eigenvalue weighted by Gasteiger charge is 2.28. The number of hydrogen-bond acceptors (Lipinski definition) is 5. The minimum absolute atomic E-state index is 0.0837. The van der Waals surface area contributed by atoms with Gasteiger partial charge < -0.3 is 10.5 Å². The quantitative estimate of drug-likeness (QED) is 0.633. The molecule has 0 atom stereocenters. The van der Waals surface area contributed by atoms with E-state index in [1.807, 2.05) is 0 Å². The Labute approximate surface area is 123 Å². The van der Waals surface area contributed by atoms with Crippen molar-refractivity contribution in [2.24, 2.45) is 0 Å². The van der Waals surface area contributed by atoms with Crippen molar-refractivity contribution in [3.63, 3.8) is 0 Å². The molecule has 0 aromatic heterocycles. The first-order valence-electron chi connectivity index (χ1n) is 5.95. The lowest BCUT2D eigenvalue weighted by atomic mass is 10.3. The molecule has 0 saturated heterocycles. The number of esters is 1. The molecule has 1 aromatic rings. The smallest absolute Gasteiger partial charge is 0.321 e. The lowest BCUT2D eigenvalue weighted by Crippen LogP contribution is -2.37. The fraction of sp³-hybridized carbons (Fsp3) is 0.417. The van der Waals surface area contributed by atoms with Gasteiger partial charge in [0.25, 0.3) is 0 Å². The average molecular weight is 321 g/mol. The van der Waals surface area contributed by atoms with Gasteiger partial charge in [0.1, 0.15) is 11.4 Å². The molecule has 112 valence electrons. The van der Waals surface area contributed by atoms with Gasteiger partial charge >= 0.3 is 5.97 Å². The van der Waals surface area contributed by atoms with E-state index in [2.05, 4.69) is 4.74 Å². The third kappa shape index (κ3) is 3.84. The number of ether oxygens (including phenoxy) is 1. The summed E-state index contributed by atoms with van der Waals surface area (Å²) in [5, 5.41) is 0.257. The van der Waals surface area contributed by atoms with Crippen LogP contribution in [0.5, 0.6) is 0 Å². The summed E-state index contributed by atoms with van der Waals surface area (Å²) in [6.07, 6.45) is 0.552. The third-order valence-corrected chi connectivity index (χ3v) is 4.74. The molecule has 20 heavy (non-hydrogen) atoms. The summed E-state index contributed by atoms with van der Waals surface area (Å²) in [5.74, 6) is -0.636. The second kappa shape index (κ2) is 6.92. The second-order valence-corrected chi connectivity index (χ2v) is 6.44. The van der Waals surface area contributed by atoms with Crippen LogP contribution >= 0.6 is 11.6 Å². The number of anilines is 1. The van der Waals surface area contributed by atoms with Crippen LogP contribution in [-0.4, -0.2) is 38.9 Å². The Morgan fingerprint density at radius 3 is 2.65 bits per heavy atom. The predicted molar refractivity (Wildman–Crippen MR) is 76.9 cm³/mol. The number of hydrogen-bond donors (Lipinski definition) is 1. The minimum atomic E-state index is -3.90. The zero-order valence-corrected chi connectivity index (χ0v) is 12.9. The highest BCUT2D eigenvalue weighted by Crippen LogP contribution is 2.25. The number of sulfonamides is 1. The zero-order valence-electron chi connectivity index (χ0n) is 11.3. The number of rotatable bonds is 6. The topological polar surface area (TPSA) is 89.7 Å². The summed E-state index contributed by atoms with van der Waals surface area (Å²) in [7, 11) is -2.70. The van der Waals surface area contributed by atoms with Crippen molar-refractivity contribution in [3.8, 4) is 0 Å². The molecule has 1 aromatic carbocycles. The number of benzene rings is 1. The van der Waals surface area contributed by atoms with Crippen molar-refractivity contribution in [1.29, 1.82) is 0 Å². The van der Waals surface area contributed by atoms with E-state index in [-0.39, 0.29) is 28.7 Å². The van der Waals surface area contributed by atoms with E-state index in [9.17, 15) is 13.2 Å². The Bertz CT molecular complexity index is 589. The van der Waals surface area contributed by atoms with Crippen LogP contribution in [0.2, 0.25) is 5.02 Å². The first-order valence-corrected chi connectivity index (χ1v) is 7.76. The van der Waals surface area contributed by atoms with Crippen molar-refractivity contribution in [2.45, 2.75) is 18.2 Å². The first kappa shape index (κ1) is 16.7. The monoisotopic (exact) mass is 320 g/mol. The van der Waals surface area contributed by atoms with Crippen LogP contribution in [0.25, 0.3) is 0 Å². The van der Waals surface area contributed by atoms with Crippen LogP contribution in [-0.2, 0) is 19.6 Å². The Morgan fingerprint density at radius 2 is 2.10 bits per heavy atom. The molecule has 0 fully saturated rings. The summed E-state index contributed by atoms with van der Waals surface area (Å²) in [4.78, 5) is 11.2. The van der Waals surface area contributed by atoms with Crippen molar-refractivity contribution >= 4 is 33.3 Å². The van der Waals surface area contributed by atoms with Gasteiger partial charge in [-0.15, -0.1) is 0 Å². The number of nitrogens with zero attached hydrogens (tertiary/aromatic N) is 1. The van der Waals surface area contributed by atoms with Crippen LogP contribution < -0.4 is 5.73 Å². The number of nitrogens with two attached hydrogens (primary N) is 1. The van der Waals surface area contributed by atoms with Gasteiger partial charge in [-0.1, -0.05) is 18.5 Å². The molecule has 0 heterocycles. The molecule has 2 N–H and O–H groups in total. The molecular weight excluding hydrogens is 304 g/mol. The van der Waals surface area contributed by atoms with Crippen molar-refractivity contribution in [1.82, 2.24) is 4.31 Å². The van der Waals surface area contributed by atoms with E-state index in [1.54, 1.807) is 6.92 Å². The van der Waals surface area contributed by atoms with Gasteiger partial charge in [-0.2, -0.15) is 4.31 Å². The Morgan fingerprint density at radius 1 is 1.45 bits per heavy atom. The normalized spacial score (nSPS) is 11.6. The lowest BCUT2D eigenvalue weighted by molar-refractivity contribution is -0.140. The van der Waals surface area contributed by atoms with Gasteiger partial charge in [0, 0.05) is 11.6 Å². The molecule has 0 amide bonds. The first-order chi connectivity index (χ1) is 9.32. The number of halogens is 1. The van der Waals surface area contributed by atoms with Gasteiger partial charge in [-0.25, -0.2) is 8.42 Å². The lowest BCUT2D eigenvalue weighted by Gasteiger charge is -2.21. The number of carbonyl (C=O) groups excluding carboxylic acids is 1. The number of methoxy groups -OCH3 is 1. The second-order valence-electron chi connectivity index (χ2n) is 4.10. The van der Waals surface area contributed by atoms with Crippen molar-refractivity contribution in [3.05, 3.63) is 23.2 Å². The maximum atomic E-state index is 12.5. The van der Waals surface area contributed by atoms with Crippen LogP contribution in [0.1, 0.15) is 13.3 Å². The standard InChI is InChI=1S/C12H17ClN2O4S/c1-3-6-15(8-12(16)19-2)20(17,18)11-7-9(13)4-5-10(11)14/h4-5,7H,3,6,8,14H2,1-2H3. The third-order valence-electron chi connectivity index (χ3n) is 2.60. The molecule has 0 saturated carbocycles. The van der Waals surface area contributed by atoms with E-state index in [0.717, 1.165) is 4.31 Å². The molecule has 1 rings (SSSR count). The van der Waals surface area contributed by atoms with Crippen molar-refractivity contribution in [2.75, 3.05) is 25.9 Å². The van der Waals surface area contributed by atoms with Crippen LogP contribution in [0, 0.1) is 0 Å². The molecule has 0 aliphatic carbocycles. The number of carbonyl (C=O) groups is 1. The van der Waals surface area contributed by atoms with Gasteiger partial charge in [0.05, 0.1) is 12.8 Å². The largest absolute Gasteiger partial charge is 0.468 e. The fourth-order valence-corrected chi connectivity index (χ4v) is 3.47. The maximum Gasteiger partial charge on any atom is 0.321 e. The summed E-state index contributed by atoms with van der Waals surface area (Å²) in [6.45, 7) is 1.63. The Balaban J connectivity index is 3.22. The van der Waals surface area contributed by atoms with Gasteiger partial charge in [-0.05, 0) is 24.6 Å². The highest BCUT2D eigenvalue weighted by molar-refractivity contribution is 7.89. The predicted octanol–water partition coefficient (Wildman–Crippen LogP) is 1.50. The molecule has 8 heteroatoms. The minimum Gasteiger partial charge on any atom is -0.468 e. The molecule has 0 aliphatic rings. The average Bonchev–Trinajstić information content (AvgIpc) is 2.40. The molecule has 0 radical (unpaired) electrons. The van der Waals surface area contributed by atoms with Crippen LogP contribution in [0.3, 0.4) is 0 Å². The molecule has 0 unspecified atom stereocenters. The van der Waals surface area contributed by atoms with E-state index in [1.165, 1.54) is 25.3 Å². The SMILES string of the molecule is CCCN(CC(=O)OC)S(=O)(=O)c1cc(Cl)ccc1N. The molecule has 0 aliphatic heterocycles. The van der Waals surface area contributed by atoms with Crippen molar-refractivity contribution < 1.29 is 17.9 Å².